The number of amides is 1. The molecule has 1 heterocycles. The molecule has 15 heavy (non-hydrogen) atoms. The van der Waals surface area contributed by atoms with Crippen LogP contribution in [0.4, 0.5) is 4.79 Å². The monoisotopic (exact) mass is 215 g/mol. The lowest BCUT2D eigenvalue weighted by Crippen LogP contribution is -2.52. The van der Waals surface area contributed by atoms with Gasteiger partial charge in [0, 0.05) is 13.0 Å². The Bertz CT molecular complexity index is 290. The van der Waals surface area contributed by atoms with Crippen LogP contribution in [0.5, 0.6) is 0 Å². The summed E-state index contributed by atoms with van der Waals surface area (Å²) < 4.78 is 0. The maximum atomic E-state index is 11.1. The van der Waals surface area contributed by atoms with E-state index in [1.54, 1.807) is 0 Å². The van der Waals surface area contributed by atoms with Crippen molar-refractivity contribution in [2.75, 3.05) is 6.54 Å². The van der Waals surface area contributed by atoms with Gasteiger partial charge in [0.15, 0.2) is 0 Å². The highest BCUT2D eigenvalue weighted by Crippen LogP contribution is 2.33. The Morgan fingerprint density at radius 2 is 2.07 bits per heavy atom. The number of carbonyl (C=O) groups excluding carboxylic acids is 1. The molecule has 0 aromatic heterocycles. The van der Waals surface area contributed by atoms with E-state index in [1.807, 2.05) is 0 Å². The first-order valence-corrected chi connectivity index (χ1v) is 4.72. The molecule has 0 aromatic carbocycles. The molecule has 0 aromatic rings. The van der Waals surface area contributed by atoms with Gasteiger partial charge in [0.25, 0.3) is 0 Å². The van der Waals surface area contributed by atoms with Gasteiger partial charge in [-0.3, -0.25) is 4.90 Å². The summed E-state index contributed by atoms with van der Waals surface area (Å²) in [6.45, 7) is 0.223. The van der Waals surface area contributed by atoms with Gasteiger partial charge < -0.3 is 15.0 Å². The number of likely N-dealkylation sites (tertiary alicyclic amines) is 1. The third-order valence-electron chi connectivity index (χ3n) is 2.79. The summed E-state index contributed by atoms with van der Waals surface area (Å²) in [5.74, 6) is -1.16. The Morgan fingerprint density at radius 3 is 2.53 bits per heavy atom. The van der Waals surface area contributed by atoms with Gasteiger partial charge in [-0.2, -0.15) is 0 Å². The van der Waals surface area contributed by atoms with Crippen LogP contribution in [0.3, 0.4) is 0 Å². The summed E-state index contributed by atoms with van der Waals surface area (Å²) in [6.07, 6.45) is 0.304. The third-order valence-corrected chi connectivity index (χ3v) is 2.79. The second kappa shape index (κ2) is 4.29. The Balaban J connectivity index is 2.92. The van der Waals surface area contributed by atoms with E-state index in [-0.39, 0.29) is 25.8 Å². The molecule has 1 fully saturated rings. The standard InChI is InChI=1S/C9H13NO5/c11-6-2-4-9(7(12)13)3-1-5-10(9)8(14)15/h6H,1-5H2,(H,12,13)(H,14,15). The third kappa shape index (κ3) is 1.93. The van der Waals surface area contributed by atoms with Gasteiger partial charge in [-0.25, -0.2) is 9.59 Å². The van der Waals surface area contributed by atoms with Crippen LogP contribution in [0.2, 0.25) is 0 Å². The summed E-state index contributed by atoms with van der Waals surface area (Å²) in [4.78, 5) is 33.2. The molecule has 0 aliphatic carbocycles. The molecule has 6 heteroatoms. The first-order chi connectivity index (χ1) is 7.04. The maximum absolute atomic E-state index is 11.1. The Kier molecular flexibility index (Phi) is 3.28. The van der Waals surface area contributed by atoms with Gasteiger partial charge in [-0.05, 0) is 19.3 Å². The Labute approximate surface area is 86.5 Å². The molecule has 2 N–H and O–H groups in total. The highest BCUT2D eigenvalue weighted by Gasteiger charge is 2.49. The summed E-state index contributed by atoms with van der Waals surface area (Å²) in [7, 11) is 0. The summed E-state index contributed by atoms with van der Waals surface area (Å²) >= 11 is 0. The average molecular weight is 215 g/mol. The quantitative estimate of drug-likeness (QED) is 0.668. The smallest absolute Gasteiger partial charge is 0.408 e. The molecule has 1 rings (SSSR count). The van der Waals surface area contributed by atoms with Crippen molar-refractivity contribution in [2.45, 2.75) is 31.2 Å². The highest BCUT2D eigenvalue weighted by molar-refractivity contribution is 5.84. The van der Waals surface area contributed by atoms with E-state index in [1.165, 1.54) is 0 Å². The number of aldehydes is 1. The molecule has 6 nitrogen and oxygen atoms in total. The molecular weight excluding hydrogens is 202 g/mol. The van der Waals surface area contributed by atoms with Gasteiger partial charge >= 0.3 is 12.1 Å². The van der Waals surface area contributed by atoms with Crippen LogP contribution in [-0.2, 0) is 9.59 Å². The van der Waals surface area contributed by atoms with E-state index < -0.39 is 17.6 Å². The first kappa shape index (κ1) is 11.5. The summed E-state index contributed by atoms with van der Waals surface area (Å²) in [5.41, 5.74) is -1.40. The minimum Gasteiger partial charge on any atom is -0.479 e. The van der Waals surface area contributed by atoms with E-state index in [0.717, 1.165) is 4.90 Å². The van der Waals surface area contributed by atoms with Crippen LogP contribution < -0.4 is 0 Å². The second-order valence-corrected chi connectivity index (χ2v) is 3.58. The van der Waals surface area contributed by atoms with Crippen molar-refractivity contribution in [3.8, 4) is 0 Å². The summed E-state index contributed by atoms with van der Waals surface area (Å²) in [6, 6.07) is 0. The largest absolute Gasteiger partial charge is 0.479 e. The second-order valence-electron chi connectivity index (χ2n) is 3.58. The van der Waals surface area contributed by atoms with Crippen molar-refractivity contribution in [3.63, 3.8) is 0 Å². The fraction of sp³-hybridized carbons (Fsp3) is 0.667. The number of carbonyl (C=O) groups is 3. The molecule has 1 atom stereocenters. The lowest BCUT2D eigenvalue weighted by atomic mass is 9.91. The van der Waals surface area contributed by atoms with Gasteiger partial charge in [-0.1, -0.05) is 0 Å². The lowest BCUT2D eigenvalue weighted by Gasteiger charge is -2.32. The number of aliphatic carboxylic acids is 1. The van der Waals surface area contributed by atoms with Crippen molar-refractivity contribution in [1.29, 1.82) is 0 Å². The van der Waals surface area contributed by atoms with Crippen molar-refractivity contribution in [2.24, 2.45) is 0 Å². The van der Waals surface area contributed by atoms with E-state index in [4.69, 9.17) is 10.2 Å². The fourth-order valence-electron chi connectivity index (χ4n) is 2.04. The molecule has 0 bridgehead atoms. The molecule has 1 aliphatic rings. The predicted molar refractivity (Wildman–Crippen MR) is 49.6 cm³/mol. The van der Waals surface area contributed by atoms with Crippen molar-refractivity contribution < 1.29 is 24.6 Å². The molecule has 1 amide bonds. The van der Waals surface area contributed by atoms with Crippen LogP contribution in [0.1, 0.15) is 25.7 Å². The number of rotatable bonds is 4. The van der Waals surface area contributed by atoms with Crippen LogP contribution >= 0.6 is 0 Å². The molecule has 0 spiro atoms. The van der Waals surface area contributed by atoms with E-state index in [9.17, 15) is 14.4 Å². The first-order valence-electron chi connectivity index (χ1n) is 4.72. The van der Waals surface area contributed by atoms with Crippen molar-refractivity contribution in [3.05, 3.63) is 0 Å². The topological polar surface area (TPSA) is 94.9 Å². The van der Waals surface area contributed by atoms with Crippen LogP contribution in [-0.4, -0.2) is 45.5 Å². The highest BCUT2D eigenvalue weighted by atomic mass is 16.4. The minimum atomic E-state index is -1.40. The van der Waals surface area contributed by atoms with Gasteiger partial charge in [-0.15, -0.1) is 0 Å². The zero-order chi connectivity index (χ0) is 11.5. The molecular formula is C9H13NO5. The molecule has 0 saturated carbocycles. The van der Waals surface area contributed by atoms with Gasteiger partial charge in [0.2, 0.25) is 0 Å². The van der Waals surface area contributed by atoms with Crippen molar-refractivity contribution in [1.82, 2.24) is 4.90 Å². The Hall–Kier alpha value is -1.59. The van der Waals surface area contributed by atoms with Gasteiger partial charge in [0.05, 0.1) is 0 Å². The molecule has 1 saturated heterocycles. The number of carboxylic acids is 1. The Morgan fingerprint density at radius 1 is 1.40 bits per heavy atom. The zero-order valence-electron chi connectivity index (χ0n) is 8.18. The van der Waals surface area contributed by atoms with Crippen LogP contribution in [0.15, 0.2) is 0 Å². The molecule has 1 aliphatic heterocycles. The molecule has 84 valence electrons. The normalized spacial score (nSPS) is 25.2. The average Bonchev–Trinajstić information content (AvgIpc) is 2.59. The fourth-order valence-corrected chi connectivity index (χ4v) is 2.04. The minimum absolute atomic E-state index is 0.0537. The number of nitrogens with zero attached hydrogens (tertiary/aromatic N) is 1. The SMILES string of the molecule is O=CCCC1(C(=O)O)CCCN1C(=O)O. The molecule has 0 radical (unpaired) electrons. The summed E-state index contributed by atoms with van der Waals surface area (Å²) in [5, 5.41) is 18.0. The van der Waals surface area contributed by atoms with Crippen LogP contribution in [0.25, 0.3) is 0 Å². The van der Waals surface area contributed by atoms with E-state index in [2.05, 4.69) is 0 Å². The number of carboxylic acid groups (broad SMARTS) is 2. The predicted octanol–water partition coefficient (Wildman–Crippen LogP) is 0.563. The van der Waals surface area contributed by atoms with E-state index >= 15 is 0 Å². The van der Waals surface area contributed by atoms with Gasteiger partial charge in [0.1, 0.15) is 11.8 Å². The lowest BCUT2D eigenvalue weighted by molar-refractivity contribution is -0.149. The zero-order valence-corrected chi connectivity index (χ0v) is 8.18. The van der Waals surface area contributed by atoms with E-state index in [0.29, 0.717) is 12.7 Å². The maximum Gasteiger partial charge on any atom is 0.408 e. The molecule has 1 unspecified atom stereocenters. The van der Waals surface area contributed by atoms with Crippen molar-refractivity contribution >= 4 is 18.3 Å². The number of hydrogen-bond donors (Lipinski definition) is 2. The number of hydrogen-bond acceptors (Lipinski definition) is 3. The van der Waals surface area contributed by atoms with Crippen LogP contribution in [0, 0.1) is 0 Å².